The number of rotatable bonds is 4. The summed E-state index contributed by atoms with van der Waals surface area (Å²) in [7, 11) is 1.91. The van der Waals surface area contributed by atoms with Crippen LogP contribution in [0.2, 0.25) is 0 Å². The number of hydrogen-bond acceptors (Lipinski definition) is 1. The molecule has 90 valence electrons. The number of aromatic nitrogens is 1. The average molecular weight is 297 g/mol. The predicted octanol–water partition coefficient (Wildman–Crippen LogP) is 3.16. The van der Waals surface area contributed by atoms with Gasteiger partial charge in [-0.3, -0.25) is 0 Å². The maximum atomic E-state index is 13.3. The number of nitrogens with zero attached hydrogens (tertiary/aromatic N) is 1. The van der Waals surface area contributed by atoms with Crippen molar-refractivity contribution in [2.24, 2.45) is 0 Å². The summed E-state index contributed by atoms with van der Waals surface area (Å²) in [4.78, 5) is 0. The molecular weight excluding hydrogens is 283 g/mol. The van der Waals surface area contributed by atoms with E-state index < -0.39 is 0 Å². The van der Waals surface area contributed by atoms with Crippen molar-refractivity contribution in [1.29, 1.82) is 0 Å². The van der Waals surface area contributed by atoms with E-state index in [4.69, 9.17) is 0 Å². The molecule has 0 radical (unpaired) electrons. The zero-order valence-electron chi connectivity index (χ0n) is 9.58. The summed E-state index contributed by atoms with van der Waals surface area (Å²) in [6, 6.07) is 9.03. The Morgan fingerprint density at radius 2 is 2.18 bits per heavy atom. The molecule has 1 N–H and O–H groups in total. The van der Waals surface area contributed by atoms with E-state index in [0.29, 0.717) is 6.54 Å². The molecule has 0 aliphatic heterocycles. The molecule has 0 saturated carbocycles. The van der Waals surface area contributed by atoms with E-state index in [1.807, 2.05) is 25.4 Å². The molecular formula is C13H14BrFN2. The molecule has 17 heavy (non-hydrogen) atoms. The van der Waals surface area contributed by atoms with Crippen LogP contribution in [0.25, 0.3) is 0 Å². The lowest BCUT2D eigenvalue weighted by molar-refractivity contribution is 0.620. The Morgan fingerprint density at radius 1 is 1.35 bits per heavy atom. The Bertz CT molecular complexity index is 488. The topological polar surface area (TPSA) is 17.0 Å². The van der Waals surface area contributed by atoms with E-state index in [1.54, 1.807) is 6.07 Å². The van der Waals surface area contributed by atoms with Gasteiger partial charge in [0.1, 0.15) is 5.82 Å². The number of benzene rings is 1. The van der Waals surface area contributed by atoms with Gasteiger partial charge in [0, 0.05) is 29.5 Å². The van der Waals surface area contributed by atoms with Crippen LogP contribution in [0.5, 0.6) is 0 Å². The zero-order chi connectivity index (χ0) is 12.3. The number of nitrogens with one attached hydrogen (secondary N) is 1. The van der Waals surface area contributed by atoms with Gasteiger partial charge in [-0.2, -0.15) is 0 Å². The summed E-state index contributed by atoms with van der Waals surface area (Å²) in [5.41, 5.74) is 2.14. The van der Waals surface area contributed by atoms with Crippen molar-refractivity contribution in [1.82, 2.24) is 9.88 Å². The SMILES string of the molecule is CNCc1cccn1Cc1cc(F)cc(Br)c1. The molecule has 0 fully saturated rings. The second kappa shape index (κ2) is 5.47. The van der Waals surface area contributed by atoms with E-state index in [2.05, 4.69) is 31.9 Å². The van der Waals surface area contributed by atoms with Crippen LogP contribution in [0, 0.1) is 5.82 Å². The maximum Gasteiger partial charge on any atom is 0.124 e. The van der Waals surface area contributed by atoms with Gasteiger partial charge in [-0.15, -0.1) is 0 Å². The molecule has 0 bridgehead atoms. The highest BCUT2D eigenvalue weighted by Gasteiger charge is 2.03. The van der Waals surface area contributed by atoms with Crippen molar-refractivity contribution >= 4 is 15.9 Å². The Hall–Kier alpha value is -1.13. The van der Waals surface area contributed by atoms with Gasteiger partial charge >= 0.3 is 0 Å². The summed E-state index contributed by atoms with van der Waals surface area (Å²) in [5, 5.41) is 3.11. The van der Waals surface area contributed by atoms with E-state index in [0.717, 1.165) is 16.6 Å². The first-order chi connectivity index (χ1) is 8.19. The molecule has 0 atom stereocenters. The maximum absolute atomic E-state index is 13.3. The van der Waals surface area contributed by atoms with Gasteiger partial charge in [0.05, 0.1) is 0 Å². The van der Waals surface area contributed by atoms with Gasteiger partial charge in [-0.05, 0) is 42.9 Å². The van der Waals surface area contributed by atoms with Crippen molar-refractivity contribution in [3.63, 3.8) is 0 Å². The van der Waals surface area contributed by atoms with Crippen LogP contribution in [-0.4, -0.2) is 11.6 Å². The fourth-order valence-electron chi connectivity index (χ4n) is 1.84. The molecule has 2 nitrogen and oxygen atoms in total. The third-order valence-electron chi connectivity index (χ3n) is 2.56. The highest BCUT2D eigenvalue weighted by molar-refractivity contribution is 9.10. The Balaban J connectivity index is 2.22. The predicted molar refractivity (Wildman–Crippen MR) is 70.4 cm³/mol. The van der Waals surface area contributed by atoms with Gasteiger partial charge in [0.25, 0.3) is 0 Å². The highest BCUT2D eigenvalue weighted by atomic mass is 79.9. The molecule has 0 unspecified atom stereocenters. The van der Waals surface area contributed by atoms with Crippen LogP contribution < -0.4 is 5.32 Å². The lowest BCUT2D eigenvalue weighted by Crippen LogP contribution is -2.11. The minimum absolute atomic E-state index is 0.211. The molecule has 1 heterocycles. The zero-order valence-corrected chi connectivity index (χ0v) is 11.2. The van der Waals surface area contributed by atoms with Crippen LogP contribution in [-0.2, 0) is 13.1 Å². The van der Waals surface area contributed by atoms with Gasteiger partial charge in [-0.25, -0.2) is 4.39 Å². The van der Waals surface area contributed by atoms with E-state index >= 15 is 0 Å². The normalized spacial score (nSPS) is 10.8. The standard InChI is InChI=1S/C13H14BrFN2/c1-16-8-13-3-2-4-17(13)9-10-5-11(14)7-12(15)6-10/h2-7,16H,8-9H2,1H3. The molecule has 0 aliphatic rings. The van der Waals surface area contributed by atoms with Crippen LogP contribution >= 0.6 is 15.9 Å². The quantitative estimate of drug-likeness (QED) is 0.917. The molecule has 4 heteroatoms. The summed E-state index contributed by atoms with van der Waals surface area (Å²) < 4.78 is 16.1. The monoisotopic (exact) mass is 296 g/mol. The molecule has 0 aliphatic carbocycles. The molecule has 1 aromatic carbocycles. The fourth-order valence-corrected chi connectivity index (χ4v) is 2.36. The van der Waals surface area contributed by atoms with Crippen molar-refractivity contribution in [3.05, 3.63) is 58.1 Å². The highest BCUT2D eigenvalue weighted by Crippen LogP contribution is 2.16. The van der Waals surface area contributed by atoms with Crippen molar-refractivity contribution in [3.8, 4) is 0 Å². The second-order valence-corrected chi connectivity index (χ2v) is 4.85. The minimum atomic E-state index is -0.211. The van der Waals surface area contributed by atoms with Crippen molar-refractivity contribution in [2.45, 2.75) is 13.1 Å². The Morgan fingerprint density at radius 3 is 2.88 bits per heavy atom. The summed E-state index contributed by atoms with van der Waals surface area (Å²) in [6.07, 6.45) is 2.01. The van der Waals surface area contributed by atoms with Gasteiger partial charge in [0.2, 0.25) is 0 Å². The summed E-state index contributed by atoms with van der Waals surface area (Å²) >= 11 is 3.30. The fraction of sp³-hybridized carbons (Fsp3) is 0.231. The first-order valence-corrected chi connectivity index (χ1v) is 6.22. The lowest BCUT2D eigenvalue weighted by atomic mass is 10.2. The average Bonchev–Trinajstić information content (AvgIpc) is 2.65. The van der Waals surface area contributed by atoms with Gasteiger partial charge in [-0.1, -0.05) is 15.9 Å². The molecule has 0 amide bonds. The number of hydrogen-bond donors (Lipinski definition) is 1. The third-order valence-corrected chi connectivity index (χ3v) is 3.01. The second-order valence-electron chi connectivity index (χ2n) is 3.94. The lowest BCUT2D eigenvalue weighted by Gasteiger charge is -2.09. The molecule has 0 spiro atoms. The van der Waals surface area contributed by atoms with E-state index in [1.165, 1.54) is 11.8 Å². The smallest absolute Gasteiger partial charge is 0.124 e. The number of halogens is 2. The molecule has 0 saturated heterocycles. The third kappa shape index (κ3) is 3.17. The van der Waals surface area contributed by atoms with Crippen molar-refractivity contribution in [2.75, 3.05) is 7.05 Å². The summed E-state index contributed by atoms with van der Waals surface area (Å²) in [6.45, 7) is 1.49. The van der Waals surface area contributed by atoms with Crippen LogP contribution in [0.3, 0.4) is 0 Å². The largest absolute Gasteiger partial charge is 0.346 e. The van der Waals surface area contributed by atoms with Crippen LogP contribution in [0.4, 0.5) is 4.39 Å². The van der Waals surface area contributed by atoms with E-state index in [9.17, 15) is 4.39 Å². The van der Waals surface area contributed by atoms with Crippen LogP contribution in [0.15, 0.2) is 41.0 Å². The first-order valence-electron chi connectivity index (χ1n) is 5.42. The van der Waals surface area contributed by atoms with Crippen LogP contribution in [0.1, 0.15) is 11.3 Å². The minimum Gasteiger partial charge on any atom is -0.346 e. The van der Waals surface area contributed by atoms with Gasteiger partial charge in [0.15, 0.2) is 0 Å². The van der Waals surface area contributed by atoms with Gasteiger partial charge < -0.3 is 9.88 Å². The first kappa shape index (κ1) is 12.3. The molecule has 2 aromatic rings. The van der Waals surface area contributed by atoms with E-state index in [-0.39, 0.29) is 5.82 Å². The Labute approximate surface area is 109 Å². The molecule has 2 rings (SSSR count). The summed E-state index contributed by atoms with van der Waals surface area (Å²) in [5.74, 6) is -0.211. The Kier molecular flexibility index (Phi) is 3.97. The van der Waals surface area contributed by atoms with Crippen molar-refractivity contribution < 1.29 is 4.39 Å². The molecule has 1 aromatic heterocycles.